The van der Waals surface area contributed by atoms with Crippen LogP contribution in [-0.4, -0.2) is 45.3 Å². The van der Waals surface area contributed by atoms with Crippen molar-refractivity contribution in [1.82, 2.24) is 25.5 Å². The monoisotopic (exact) mass is 472 g/mol. The second-order valence-corrected chi connectivity index (χ2v) is 8.46. The summed E-state index contributed by atoms with van der Waals surface area (Å²) in [6, 6.07) is 15.3. The fourth-order valence-electron chi connectivity index (χ4n) is 4.25. The van der Waals surface area contributed by atoms with Crippen molar-refractivity contribution in [3.8, 4) is 22.9 Å². The van der Waals surface area contributed by atoms with Gasteiger partial charge < -0.3 is 20.1 Å². The molecule has 2 aromatic carbocycles. The summed E-state index contributed by atoms with van der Waals surface area (Å²) in [6.45, 7) is 2.49. The maximum absolute atomic E-state index is 12.3. The van der Waals surface area contributed by atoms with Crippen molar-refractivity contribution in [2.75, 3.05) is 18.5 Å². The molecule has 1 saturated carbocycles. The van der Waals surface area contributed by atoms with E-state index in [0.717, 1.165) is 35.1 Å². The highest BCUT2D eigenvalue weighted by Gasteiger charge is 2.17. The molecule has 9 nitrogen and oxygen atoms in total. The smallest absolute Gasteiger partial charge is 0.258 e. The minimum atomic E-state index is -0.0974. The Morgan fingerprint density at radius 1 is 1.06 bits per heavy atom. The number of rotatable bonds is 9. The second-order valence-electron chi connectivity index (χ2n) is 8.46. The van der Waals surface area contributed by atoms with Gasteiger partial charge in [-0.05, 0) is 50.1 Å². The highest BCUT2D eigenvalue weighted by Crippen LogP contribution is 2.31. The van der Waals surface area contributed by atoms with Gasteiger partial charge in [0.1, 0.15) is 17.3 Å². The van der Waals surface area contributed by atoms with Crippen LogP contribution >= 0.6 is 0 Å². The van der Waals surface area contributed by atoms with Gasteiger partial charge in [-0.25, -0.2) is 9.97 Å². The van der Waals surface area contributed by atoms with E-state index in [4.69, 9.17) is 19.4 Å². The molecule has 1 fully saturated rings. The number of H-pyrrole nitrogens is 1. The molecular formula is C26H28N6O3. The standard InChI is InChI=1S/C26H28N6O3/c1-2-34-20-10-11-22-21(15-20)26(30-23-12-13-27-32-23)31-25(29-22)17-6-5-9-19(14-17)35-16-24(33)28-18-7-3-4-8-18/h5-6,9-15,18H,2-4,7-8,16H2,1H3,(H,28,33)(H2,27,29,30,31,32). The first-order valence-corrected chi connectivity index (χ1v) is 11.9. The fraction of sp³-hybridized carbons (Fsp3) is 0.308. The maximum Gasteiger partial charge on any atom is 0.258 e. The van der Waals surface area contributed by atoms with Gasteiger partial charge in [-0.2, -0.15) is 5.10 Å². The molecule has 0 radical (unpaired) electrons. The van der Waals surface area contributed by atoms with Gasteiger partial charge in [-0.3, -0.25) is 9.89 Å². The van der Waals surface area contributed by atoms with Gasteiger partial charge in [0, 0.05) is 29.3 Å². The van der Waals surface area contributed by atoms with Crippen LogP contribution in [-0.2, 0) is 4.79 Å². The summed E-state index contributed by atoms with van der Waals surface area (Å²) in [5.74, 6) is 3.01. The van der Waals surface area contributed by atoms with Crippen molar-refractivity contribution in [2.45, 2.75) is 38.6 Å². The van der Waals surface area contributed by atoms with E-state index in [-0.39, 0.29) is 18.6 Å². The van der Waals surface area contributed by atoms with Crippen LogP contribution in [0.25, 0.3) is 22.3 Å². The van der Waals surface area contributed by atoms with Crippen LogP contribution < -0.4 is 20.1 Å². The Labute approximate surface area is 203 Å². The number of hydrogen-bond acceptors (Lipinski definition) is 7. The predicted molar refractivity (Wildman–Crippen MR) is 134 cm³/mol. The zero-order valence-electron chi connectivity index (χ0n) is 19.6. The van der Waals surface area contributed by atoms with E-state index in [1.165, 1.54) is 12.8 Å². The van der Waals surface area contributed by atoms with Crippen LogP contribution in [0.2, 0.25) is 0 Å². The number of amides is 1. The summed E-state index contributed by atoms with van der Waals surface area (Å²) in [4.78, 5) is 21.8. The fourth-order valence-corrected chi connectivity index (χ4v) is 4.25. The lowest BCUT2D eigenvalue weighted by molar-refractivity contribution is -0.123. The van der Waals surface area contributed by atoms with Crippen LogP contribution in [0.4, 0.5) is 11.6 Å². The number of aromatic amines is 1. The predicted octanol–water partition coefficient (Wildman–Crippen LogP) is 4.60. The lowest BCUT2D eigenvalue weighted by Gasteiger charge is -2.13. The van der Waals surface area contributed by atoms with Crippen molar-refractivity contribution in [3.05, 3.63) is 54.7 Å². The topological polar surface area (TPSA) is 114 Å². The Balaban J connectivity index is 1.40. The first-order valence-electron chi connectivity index (χ1n) is 11.9. The summed E-state index contributed by atoms with van der Waals surface area (Å²) in [5.41, 5.74) is 1.54. The molecule has 0 unspecified atom stereocenters. The molecule has 2 aromatic heterocycles. The first-order chi connectivity index (χ1) is 17.2. The van der Waals surface area contributed by atoms with E-state index in [1.54, 1.807) is 6.20 Å². The third-order valence-electron chi connectivity index (χ3n) is 5.91. The van der Waals surface area contributed by atoms with Crippen molar-refractivity contribution >= 4 is 28.4 Å². The summed E-state index contributed by atoms with van der Waals surface area (Å²) < 4.78 is 11.4. The van der Waals surface area contributed by atoms with E-state index >= 15 is 0 Å². The summed E-state index contributed by atoms with van der Waals surface area (Å²) >= 11 is 0. The van der Waals surface area contributed by atoms with E-state index < -0.39 is 0 Å². The highest BCUT2D eigenvalue weighted by atomic mass is 16.5. The van der Waals surface area contributed by atoms with Crippen molar-refractivity contribution in [1.29, 1.82) is 0 Å². The van der Waals surface area contributed by atoms with Crippen molar-refractivity contribution < 1.29 is 14.3 Å². The largest absolute Gasteiger partial charge is 0.494 e. The molecule has 1 aliphatic rings. The molecule has 0 spiro atoms. The molecule has 35 heavy (non-hydrogen) atoms. The lowest BCUT2D eigenvalue weighted by Crippen LogP contribution is -2.36. The molecule has 1 amide bonds. The van der Waals surface area contributed by atoms with Crippen LogP contribution in [0, 0.1) is 0 Å². The minimum absolute atomic E-state index is 0.0231. The summed E-state index contributed by atoms with van der Waals surface area (Å²) in [5, 5.41) is 14.1. The Morgan fingerprint density at radius 2 is 1.91 bits per heavy atom. The third-order valence-corrected chi connectivity index (χ3v) is 5.91. The second kappa shape index (κ2) is 10.4. The molecule has 0 bridgehead atoms. The molecular weight excluding hydrogens is 444 g/mol. The number of fused-ring (bicyclic) bond motifs is 1. The zero-order valence-corrected chi connectivity index (χ0v) is 19.6. The molecule has 2 heterocycles. The van der Waals surface area contributed by atoms with Gasteiger partial charge >= 0.3 is 0 Å². The number of carbonyl (C=O) groups is 1. The van der Waals surface area contributed by atoms with Crippen LogP contribution in [0.3, 0.4) is 0 Å². The number of ether oxygens (including phenoxy) is 2. The van der Waals surface area contributed by atoms with Gasteiger partial charge in [0.15, 0.2) is 18.2 Å². The molecule has 1 aliphatic carbocycles. The number of nitrogens with zero attached hydrogens (tertiary/aromatic N) is 3. The number of nitrogens with one attached hydrogen (secondary N) is 3. The van der Waals surface area contributed by atoms with Gasteiger partial charge in [-0.1, -0.05) is 25.0 Å². The molecule has 180 valence electrons. The average molecular weight is 473 g/mol. The molecule has 0 atom stereocenters. The third kappa shape index (κ3) is 5.51. The molecule has 0 aliphatic heterocycles. The number of carbonyl (C=O) groups excluding carboxylic acids is 1. The lowest BCUT2D eigenvalue weighted by atomic mass is 10.1. The molecule has 0 saturated heterocycles. The summed E-state index contributed by atoms with van der Waals surface area (Å²) in [7, 11) is 0. The van der Waals surface area contributed by atoms with Gasteiger partial charge in [0.2, 0.25) is 0 Å². The number of aromatic nitrogens is 4. The zero-order chi connectivity index (χ0) is 24.0. The van der Waals surface area contributed by atoms with Crippen LogP contribution in [0.15, 0.2) is 54.7 Å². The Morgan fingerprint density at radius 3 is 2.71 bits per heavy atom. The summed E-state index contributed by atoms with van der Waals surface area (Å²) in [6.07, 6.45) is 6.16. The molecule has 4 aromatic rings. The molecule has 5 rings (SSSR count). The van der Waals surface area contributed by atoms with E-state index in [0.29, 0.717) is 29.8 Å². The quantitative estimate of drug-likeness (QED) is 0.326. The van der Waals surface area contributed by atoms with E-state index in [9.17, 15) is 4.79 Å². The first kappa shape index (κ1) is 22.6. The van der Waals surface area contributed by atoms with Gasteiger partial charge in [-0.15, -0.1) is 0 Å². The maximum atomic E-state index is 12.3. The van der Waals surface area contributed by atoms with E-state index in [1.807, 2.05) is 55.5 Å². The normalized spacial score (nSPS) is 13.6. The Hall–Kier alpha value is -4.14. The Bertz CT molecular complexity index is 1300. The SMILES string of the molecule is CCOc1ccc2nc(-c3cccc(OCC(=O)NC4CCCC4)c3)nc(Nc3cc[nH]n3)c2c1. The molecule has 9 heteroatoms. The number of hydrogen-bond donors (Lipinski definition) is 3. The van der Waals surface area contributed by atoms with Crippen molar-refractivity contribution in [2.24, 2.45) is 0 Å². The van der Waals surface area contributed by atoms with E-state index in [2.05, 4.69) is 20.8 Å². The number of benzene rings is 2. The molecule has 3 N–H and O–H groups in total. The van der Waals surface area contributed by atoms with Gasteiger partial charge in [0.05, 0.1) is 12.1 Å². The van der Waals surface area contributed by atoms with Gasteiger partial charge in [0.25, 0.3) is 5.91 Å². The highest BCUT2D eigenvalue weighted by molar-refractivity contribution is 5.93. The average Bonchev–Trinajstić information content (AvgIpc) is 3.58. The minimum Gasteiger partial charge on any atom is -0.494 e. The van der Waals surface area contributed by atoms with Crippen molar-refractivity contribution in [3.63, 3.8) is 0 Å². The Kier molecular flexibility index (Phi) is 6.74. The van der Waals surface area contributed by atoms with Crippen LogP contribution in [0.1, 0.15) is 32.6 Å². The number of anilines is 2. The van der Waals surface area contributed by atoms with Crippen LogP contribution in [0.5, 0.6) is 11.5 Å².